The van der Waals surface area contributed by atoms with Crippen molar-refractivity contribution in [3.05, 3.63) is 0 Å². The molecule has 3 heteroatoms. The van der Waals surface area contributed by atoms with Crippen LogP contribution in [0, 0.1) is 11.8 Å². The molecule has 0 aromatic rings. The van der Waals surface area contributed by atoms with Gasteiger partial charge in [0.1, 0.15) is 6.61 Å². The zero-order valence-electron chi connectivity index (χ0n) is 10.1. The van der Waals surface area contributed by atoms with E-state index in [4.69, 9.17) is 4.74 Å². The van der Waals surface area contributed by atoms with Crippen LogP contribution < -0.4 is 5.32 Å². The van der Waals surface area contributed by atoms with Gasteiger partial charge in [-0.1, -0.05) is 26.7 Å². The lowest BCUT2D eigenvalue weighted by Gasteiger charge is -2.32. The van der Waals surface area contributed by atoms with Gasteiger partial charge in [0.15, 0.2) is 0 Å². The number of carbonyl (C=O) groups is 1. The molecule has 0 aromatic carbocycles. The number of methoxy groups -OCH3 is 1. The van der Waals surface area contributed by atoms with E-state index in [2.05, 4.69) is 19.2 Å². The van der Waals surface area contributed by atoms with E-state index in [-0.39, 0.29) is 12.5 Å². The molecule has 0 bridgehead atoms. The molecule has 1 aliphatic carbocycles. The first-order chi connectivity index (χ1) is 7.13. The average molecular weight is 213 g/mol. The number of amides is 1. The van der Waals surface area contributed by atoms with Gasteiger partial charge in [-0.25, -0.2) is 0 Å². The molecule has 1 fully saturated rings. The summed E-state index contributed by atoms with van der Waals surface area (Å²) in [5, 5.41) is 3.04. The summed E-state index contributed by atoms with van der Waals surface area (Å²) < 4.78 is 4.81. The molecule has 1 N–H and O–H groups in total. The molecular weight excluding hydrogens is 190 g/mol. The van der Waals surface area contributed by atoms with Gasteiger partial charge in [0.05, 0.1) is 0 Å². The fourth-order valence-electron chi connectivity index (χ4n) is 2.36. The summed E-state index contributed by atoms with van der Waals surface area (Å²) in [6.45, 7) is 4.72. The highest BCUT2D eigenvalue weighted by Crippen LogP contribution is 2.29. The predicted octanol–water partition coefficient (Wildman–Crippen LogP) is 1.96. The zero-order valence-corrected chi connectivity index (χ0v) is 10.1. The molecule has 1 aliphatic rings. The molecule has 3 nitrogen and oxygen atoms in total. The molecular formula is C12H23NO2. The molecule has 15 heavy (non-hydrogen) atoms. The van der Waals surface area contributed by atoms with Crippen LogP contribution in [0.1, 0.15) is 39.5 Å². The van der Waals surface area contributed by atoms with Gasteiger partial charge in [-0.05, 0) is 24.7 Å². The van der Waals surface area contributed by atoms with Crippen LogP contribution in [0.4, 0.5) is 0 Å². The van der Waals surface area contributed by atoms with Crippen molar-refractivity contribution >= 4 is 5.91 Å². The zero-order chi connectivity index (χ0) is 11.3. The lowest BCUT2D eigenvalue weighted by molar-refractivity contribution is -0.125. The second-order valence-electron chi connectivity index (χ2n) is 4.87. The van der Waals surface area contributed by atoms with Crippen molar-refractivity contribution in [1.29, 1.82) is 0 Å². The topological polar surface area (TPSA) is 38.3 Å². The standard InChI is InChI=1S/C12H23NO2/c1-9(2)10-5-4-6-11(7-10)13-12(14)8-15-3/h9-11H,4-8H2,1-3H3,(H,13,14). The van der Waals surface area contributed by atoms with Crippen molar-refractivity contribution in [2.45, 2.75) is 45.6 Å². The third kappa shape index (κ3) is 4.20. The van der Waals surface area contributed by atoms with Crippen LogP contribution in [-0.4, -0.2) is 25.7 Å². The Morgan fingerprint density at radius 1 is 1.47 bits per heavy atom. The van der Waals surface area contributed by atoms with Crippen molar-refractivity contribution in [1.82, 2.24) is 5.32 Å². The van der Waals surface area contributed by atoms with Gasteiger partial charge in [-0.15, -0.1) is 0 Å². The third-order valence-electron chi connectivity index (χ3n) is 3.30. The van der Waals surface area contributed by atoms with E-state index in [1.165, 1.54) is 12.8 Å². The van der Waals surface area contributed by atoms with Crippen LogP contribution >= 0.6 is 0 Å². The van der Waals surface area contributed by atoms with E-state index < -0.39 is 0 Å². The molecule has 0 aromatic heterocycles. The van der Waals surface area contributed by atoms with Crippen LogP contribution in [0.15, 0.2) is 0 Å². The minimum absolute atomic E-state index is 0.0203. The maximum absolute atomic E-state index is 11.4. The summed E-state index contributed by atoms with van der Waals surface area (Å²) in [6.07, 6.45) is 4.81. The average Bonchev–Trinajstić information content (AvgIpc) is 2.18. The first-order valence-electron chi connectivity index (χ1n) is 5.91. The molecule has 1 amide bonds. The van der Waals surface area contributed by atoms with Crippen molar-refractivity contribution < 1.29 is 9.53 Å². The maximum Gasteiger partial charge on any atom is 0.246 e. The van der Waals surface area contributed by atoms with Gasteiger partial charge >= 0.3 is 0 Å². The summed E-state index contributed by atoms with van der Waals surface area (Å²) in [6, 6.07) is 0.369. The summed E-state index contributed by atoms with van der Waals surface area (Å²) in [4.78, 5) is 11.4. The number of hydrogen-bond acceptors (Lipinski definition) is 2. The Labute approximate surface area is 92.6 Å². The second-order valence-corrected chi connectivity index (χ2v) is 4.87. The lowest BCUT2D eigenvalue weighted by Crippen LogP contribution is -2.40. The quantitative estimate of drug-likeness (QED) is 0.775. The van der Waals surface area contributed by atoms with Crippen LogP contribution in [0.2, 0.25) is 0 Å². The van der Waals surface area contributed by atoms with Gasteiger partial charge in [0.25, 0.3) is 0 Å². The normalized spacial score (nSPS) is 26.7. The molecule has 0 saturated heterocycles. The largest absolute Gasteiger partial charge is 0.375 e. The number of carbonyl (C=O) groups excluding carboxylic acids is 1. The molecule has 0 spiro atoms. The number of nitrogens with one attached hydrogen (secondary N) is 1. The van der Waals surface area contributed by atoms with Crippen LogP contribution in [-0.2, 0) is 9.53 Å². The van der Waals surface area contributed by atoms with Crippen molar-refractivity contribution in [3.8, 4) is 0 Å². The summed E-state index contributed by atoms with van der Waals surface area (Å²) in [5.41, 5.74) is 0. The highest BCUT2D eigenvalue weighted by Gasteiger charge is 2.24. The Kier molecular flexibility index (Phi) is 5.09. The van der Waals surface area contributed by atoms with Gasteiger partial charge in [0, 0.05) is 13.2 Å². The molecule has 2 unspecified atom stereocenters. The number of hydrogen-bond donors (Lipinski definition) is 1. The Bertz CT molecular complexity index is 204. The number of ether oxygens (including phenoxy) is 1. The Morgan fingerprint density at radius 2 is 2.20 bits per heavy atom. The summed E-state index contributed by atoms with van der Waals surface area (Å²) in [5.74, 6) is 1.52. The van der Waals surface area contributed by atoms with Gasteiger partial charge in [0.2, 0.25) is 5.91 Å². The van der Waals surface area contributed by atoms with Gasteiger partial charge in [-0.2, -0.15) is 0 Å². The predicted molar refractivity (Wildman–Crippen MR) is 60.6 cm³/mol. The molecule has 1 rings (SSSR count). The van der Waals surface area contributed by atoms with Crippen molar-refractivity contribution in [2.75, 3.05) is 13.7 Å². The Morgan fingerprint density at radius 3 is 2.80 bits per heavy atom. The van der Waals surface area contributed by atoms with Crippen molar-refractivity contribution in [2.24, 2.45) is 11.8 Å². The van der Waals surface area contributed by atoms with E-state index in [1.807, 2.05) is 0 Å². The van der Waals surface area contributed by atoms with Crippen LogP contribution in [0.25, 0.3) is 0 Å². The van der Waals surface area contributed by atoms with E-state index in [0.29, 0.717) is 6.04 Å². The van der Waals surface area contributed by atoms with Gasteiger partial charge in [-0.3, -0.25) is 4.79 Å². The minimum atomic E-state index is 0.0203. The second kappa shape index (κ2) is 6.11. The third-order valence-corrected chi connectivity index (χ3v) is 3.30. The highest BCUT2D eigenvalue weighted by atomic mass is 16.5. The minimum Gasteiger partial charge on any atom is -0.375 e. The fourth-order valence-corrected chi connectivity index (χ4v) is 2.36. The van der Waals surface area contributed by atoms with Gasteiger partial charge < -0.3 is 10.1 Å². The molecule has 0 aliphatic heterocycles. The van der Waals surface area contributed by atoms with E-state index in [9.17, 15) is 4.79 Å². The Balaban J connectivity index is 2.33. The van der Waals surface area contributed by atoms with E-state index in [1.54, 1.807) is 7.11 Å². The fraction of sp³-hybridized carbons (Fsp3) is 0.917. The molecule has 2 atom stereocenters. The molecule has 0 heterocycles. The Hall–Kier alpha value is -0.570. The lowest BCUT2D eigenvalue weighted by atomic mass is 9.79. The van der Waals surface area contributed by atoms with E-state index >= 15 is 0 Å². The first kappa shape index (κ1) is 12.5. The van der Waals surface area contributed by atoms with Crippen LogP contribution in [0.3, 0.4) is 0 Å². The summed E-state index contributed by atoms with van der Waals surface area (Å²) >= 11 is 0. The number of rotatable bonds is 4. The summed E-state index contributed by atoms with van der Waals surface area (Å²) in [7, 11) is 1.55. The maximum atomic E-state index is 11.4. The van der Waals surface area contributed by atoms with E-state index in [0.717, 1.165) is 24.7 Å². The molecule has 88 valence electrons. The molecule has 0 radical (unpaired) electrons. The first-order valence-corrected chi connectivity index (χ1v) is 5.91. The SMILES string of the molecule is COCC(=O)NC1CCCC(C(C)C)C1. The highest BCUT2D eigenvalue weighted by molar-refractivity contribution is 5.77. The van der Waals surface area contributed by atoms with Crippen molar-refractivity contribution in [3.63, 3.8) is 0 Å². The van der Waals surface area contributed by atoms with Crippen LogP contribution in [0.5, 0.6) is 0 Å². The monoisotopic (exact) mass is 213 g/mol. The molecule has 1 saturated carbocycles. The smallest absolute Gasteiger partial charge is 0.246 e.